The van der Waals surface area contributed by atoms with Crippen LogP contribution >= 0.6 is 0 Å². The van der Waals surface area contributed by atoms with Crippen LogP contribution in [0.3, 0.4) is 0 Å². The molecule has 0 saturated carbocycles. The standard InChI is InChI=1S/C14H12F3N3/c1-8-3-12-14(18-6-8)20(7-19(12)2)9-4-10(15)13(17)11(16)5-9/h3-6H,7H2,1-2H3. The maximum absolute atomic E-state index is 13.4. The molecule has 0 atom stereocenters. The van der Waals surface area contributed by atoms with Crippen molar-refractivity contribution in [3.8, 4) is 0 Å². The largest absolute Gasteiger partial charge is 0.354 e. The van der Waals surface area contributed by atoms with Crippen LogP contribution in [0.1, 0.15) is 5.56 Å². The lowest BCUT2D eigenvalue weighted by Gasteiger charge is -2.18. The lowest BCUT2D eigenvalue weighted by molar-refractivity contribution is 0.447. The summed E-state index contributed by atoms with van der Waals surface area (Å²) in [5.41, 5.74) is 2.10. The lowest BCUT2D eigenvalue weighted by atomic mass is 10.2. The topological polar surface area (TPSA) is 19.4 Å². The Morgan fingerprint density at radius 1 is 1.10 bits per heavy atom. The normalized spacial score (nSPS) is 13.8. The molecule has 20 heavy (non-hydrogen) atoms. The van der Waals surface area contributed by atoms with Crippen LogP contribution in [0.25, 0.3) is 0 Å². The van der Waals surface area contributed by atoms with Gasteiger partial charge in [0, 0.05) is 25.4 Å². The van der Waals surface area contributed by atoms with Gasteiger partial charge >= 0.3 is 0 Å². The van der Waals surface area contributed by atoms with Crippen molar-refractivity contribution >= 4 is 17.2 Å². The SMILES string of the molecule is Cc1cnc2c(c1)N(C)CN2c1cc(F)c(F)c(F)c1. The van der Waals surface area contributed by atoms with Gasteiger partial charge < -0.3 is 9.80 Å². The summed E-state index contributed by atoms with van der Waals surface area (Å²) in [6.45, 7) is 2.32. The second kappa shape index (κ2) is 4.40. The lowest BCUT2D eigenvalue weighted by Crippen LogP contribution is -2.24. The molecule has 0 unspecified atom stereocenters. The van der Waals surface area contributed by atoms with Gasteiger partial charge in [0.05, 0.1) is 18.0 Å². The van der Waals surface area contributed by atoms with Crippen molar-refractivity contribution in [3.63, 3.8) is 0 Å². The van der Waals surface area contributed by atoms with E-state index in [-0.39, 0.29) is 5.69 Å². The van der Waals surface area contributed by atoms with E-state index in [0.29, 0.717) is 12.5 Å². The van der Waals surface area contributed by atoms with Crippen LogP contribution in [-0.4, -0.2) is 18.7 Å². The van der Waals surface area contributed by atoms with Crippen molar-refractivity contribution in [2.75, 3.05) is 23.5 Å². The molecule has 0 radical (unpaired) electrons. The summed E-state index contributed by atoms with van der Waals surface area (Å²) >= 11 is 0. The fraction of sp³-hybridized carbons (Fsp3) is 0.214. The molecule has 3 nitrogen and oxygen atoms in total. The Kier molecular flexibility index (Phi) is 2.81. The molecule has 0 bridgehead atoms. The number of pyridine rings is 1. The van der Waals surface area contributed by atoms with Crippen LogP contribution < -0.4 is 9.80 Å². The van der Waals surface area contributed by atoms with Crippen LogP contribution in [0.5, 0.6) is 0 Å². The average Bonchev–Trinajstić information content (AvgIpc) is 2.72. The molecule has 104 valence electrons. The number of fused-ring (bicyclic) bond motifs is 1. The van der Waals surface area contributed by atoms with E-state index in [2.05, 4.69) is 4.98 Å². The molecule has 2 aromatic rings. The Labute approximate surface area is 114 Å². The van der Waals surface area contributed by atoms with E-state index < -0.39 is 17.5 Å². The molecule has 6 heteroatoms. The number of nitrogens with zero attached hydrogens (tertiary/aromatic N) is 3. The van der Waals surface area contributed by atoms with E-state index in [4.69, 9.17) is 0 Å². The summed E-state index contributed by atoms with van der Waals surface area (Å²) in [6.07, 6.45) is 1.68. The Morgan fingerprint density at radius 3 is 2.40 bits per heavy atom. The van der Waals surface area contributed by atoms with Crippen LogP contribution in [0, 0.1) is 24.4 Å². The van der Waals surface area contributed by atoms with Crippen molar-refractivity contribution in [1.82, 2.24) is 4.98 Å². The van der Waals surface area contributed by atoms with Crippen molar-refractivity contribution in [2.24, 2.45) is 0 Å². The van der Waals surface area contributed by atoms with E-state index in [0.717, 1.165) is 23.4 Å². The summed E-state index contributed by atoms with van der Waals surface area (Å²) in [5, 5.41) is 0. The highest BCUT2D eigenvalue weighted by Crippen LogP contribution is 2.38. The van der Waals surface area contributed by atoms with Gasteiger partial charge in [0.1, 0.15) is 0 Å². The minimum Gasteiger partial charge on any atom is -0.354 e. The van der Waals surface area contributed by atoms with Crippen molar-refractivity contribution in [1.29, 1.82) is 0 Å². The molecular weight excluding hydrogens is 267 g/mol. The second-order valence-electron chi connectivity index (χ2n) is 4.85. The van der Waals surface area contributed by atoms with E-state index in [1.807, 2.05) is 24.9 Å². The van der Waals surface area contributed by atoms with Gasteiger partial charge in [-0.25, -0.2) is 18.2 Å². The monoisotopic (exact) mass is 279 g/mol. The van der Waals surface area contributed by atoms with E-state index in [1.54, 1.807) is 11.1 Å². The summed E-state index contributed by atoms with van der Waals surface area (Å²) in [4.78, 5) is 7.84. The quantitative estimate of drug-likeness (QED) is 0.746. The zero-order valence-electron chi connectivity index (χ0n) is 11.0. The molecule has 0 fully saturated rings. The van der Waals surface area contributed by atoms with Crippen molar-refractivity contribution in [2.45, 2.75) is 6.92 Å². The molecule has 0 N–H and O–H groups in total. The predicted molar refractivity (Wildman–Crippen MR) is 70.7 cm³/mol. The number of benzene rings is 1. The second-order valence-corrected chi connectivity index (χ2v) is 4.85. The fourth-order valence-electron chi connectivity index (χ4n) is 2.29. The maximum Gasteiger partial charge on any atom is 0.194 e. The van der Waals surface area contributed by atoms with Gasteiger partial charge in [-0.1, -0.05) is 0 Å². The van der Waals surface area contributed by atoms with Crippen LogP contribution in [0.2, 0.25) is 0 Å². The first-order valence-electron chi connectivity index (χ1n) is 6.07. The number of rotatable bonds is 1. The van der Waals surface area contributed by atoms with Gasteiger partial charge in [-0.05, 0) is 18.6 Å². The molecule has 0 saturated heterocycles. The van der Waals surface area contributed by atoms with Gasteiger partial charge in [0.25, 0.3) is 0 Å². The Morgan fingerprint density at radius 2 is 1.75 bits per heavy atom. The zero-order chi connectivity index (χ0) is 14.4. The molecule has 1 aliphatic heterocycles. The zero-order valence-corrected chi connectivity index (χ0v) is 11.0. The molecule has 2 heterocycles. The number of halogens is 3. The Hall–Kier alpha value is -2.24. The summed E-state index contributed by atoms with van der Waals surface area (Å²) in [7, 11) is 1.86. The highest BCUT2D eigenvalue weighted by molar-refractivity contribution is 5.79. The molecular formula is C14H12F3N3. The number of hydrogen-bond acceptors (Lipinski definition) is 3. The maximum atomic E-state index is 13.4. The van der Waals surface area contributed by atoms with Crippen LogP contribution in [-0.2, 0) is 0 Å². The molecule has 0 aliphatic carbocycles. The summed E-state index contributed by atoms with van der Waals surface area (Å²) < 4.78 is 39.7. The minimum atomic E-state index is -1.46. The molecule has 0 amide bonds. The van der Waals surface area contributed by atoms with Crippen LogP contribution in [0.15, 0.2) is 24.4 Å². The van der Waals surface area contributed by atoms with Gasteiger partial charge in [-0.15, -0.1) is 0 Å². The van der Waals surface area contributed by atoms with Gasteiger partial charge in [-0.3, -0.25) is 0 Å². The van der Waals surface area contributed by atoms with Crippen LogP contribution in [0.4, 0.5) is 30.4 Å². The first-order chi connectivity index (χ1) is 9.47. The molecule has 3 rings (SSSR count). The Bertz CT molecular complexity index is 664. The highest BCUT2D eigenvalue weighted by atomic mass is 19.2. The third kappa shape index (κ3) is 1.88. The van der Waals surface area contributed by atoms with E-state index in [1.165, 1.54) is 0 Å². The van der Waals surface area contributed by atoms with Gasteiger partial charge in [-0.2, -0.15) is 0 Å². The Balaban J connectivity index is 2.10. The number of hydrogen-bond donors (Lipinski definition) is 0. The molecule has 1 aliphatic rings. The number of anilines is 3. The molecule has 1 aromatic heterocycles. The number of aromatic nitrogens is 1. The van der Waals surface area contributed by atoms with Gasteiger partial charge in [0.2, 0.25) is 0 Å². The summed E-state index contributed by atoms with van der Waals surface area (Å²) in [5.74, 6) is -3.27. The highest BCUT2D eigenvalue weighted by Gasteiger charge is 2.27. The minimum absolute atomic E-state index is 0.239. The van der Waals surface area contributed by atoms with Crippen molar-refractivity contribution in [3.05, 3.63) is 47.4 Å². The smallest absolute Gasteiger partial charge is 0.194 e. The summed E-state index contributed by atoms with van der Waals surface area (Å²) in [6, 6.07) is 3.89. The molecule has 0 spiro atoms. The first kappa shape index (κ1) is 12.8. The van der Waals surface area contributed by atoms with Gasteiger partial charge in [0.15, 0.2) is 23.3 Å². The molecule has 1 aromatic carbocycles. The van der Waals surface area contributed by atoms with E-state index >= 15 is 0 Å². The fourth-order valence-corrected chi connectivity index (χ4v) is 2.29. The third-order valence-corrected chi connectivity index (χ3v) is 3.28. The van der Waals surface area contributed by atoms with E-state index in [9.17, 15) is 13.2 Å². The predicted octanol–water partition coefficient (Wildman–Crippen LogP) is 3.35. The third-order valence-electron chi connectivity index (χ3n) is 3.28. The first-order valence-corrected chi connectivity index (χ1v) is 6.07. The number of aryl methyl sites for hydroxylation is 1. The van der Waals surface area contributed by atoms with Crippen molar-refractivity contribution < 1.29 is 13.2 Å². The average molecular weight is 279 g/mol.